The van der Waals surface area contributed by atoms with E-state index >= 15 is 0 Å². The highest BCUT2D eigenvalue weighted by Gasteiger charge is 2.11. The fourth-order valence-electron chi connectivity index (χ4n) is 2.29. The van der Waals surface area contributed by atoms with Gasteiger partial charge < -0.3 is 20.1 Å². The lowest BCUT2D eigenvalue weighted by atomic mass is 10.2. The van der Waals surface area contributed by atoms with Gasteiger partial charge >= 0.3 is 6.03 Å². The summed E-state index contributed by atoms with van der Waals surface area (Å²) in [6, 6.07) is 15.7. The van der Waals surface area contributed by atoms with Gasteiger partial charge in [-0.05, 0) is 29.8 Å². The van der Waals surface area contributed by atoms with Crippen LogP contribution in [-0.2, 0) is 6.54 Å². The van der Waals surface area contributed by atoms with Gasteiger partial charge in [-0.1, -0.05) is 24.3 Å². The minimum absolute atomic E-state index is 0.168. The van der Waals surface area contributed by atoms with Crippen LogP contribution < -0.4 is 20.1 Å². The fourth-order valence-corrected chi connectivity index (χ4v) is 3.08. The second-order valence-corrected chi connectivity index (χ2v) is 6.42. The maximum atomic E-state index is 11.8. The first-order chi connectivity index (χ1) is 11.8. The van der Waals surface area contributed by atoms with E-state index in [0.29, 0.717) is 26.3 Å². The number of ether oxygens (including phenoxy) is 2. The highest BCUT2D eigenvalue weighted by Crippen LogP contribution is 2.30. The quantitative estimate of drug-likeness (QED) is 0.625. The molecule has 2 amide bonds. The van der Waals surface area contributed by atoms with Gasteiger partial charge in [0.25, 0.3) is 0 Å². The van der Waals surface area contributed by atoms with Crippen LogP contribution in [0.1, 0.15) is 5.56 Å². The van der Waals surface area contributed by atoms with Crippen molar-refractivity contribution in [2.45, 2.75) is 11.4 Å². The fraction of sp³-hybridized carbons (Fsp3) is 0.278. The Bertz CT molecular complexity index is 679. The van der Waals surface area contributed by atoms with Gasteiger partial charge in [0.1, 0.15) is 13.2 Å². The van der Waals surface area contributed by atoms with Crippen LogP contribution in [0.5, 0.6) is 11.5 Å². The van der Waals surface area contributed by atoms with Gasteiger partial charge in [0, 0.05) is 23.7 Å². The SMILES string of the molecule is O=C(NCCSc1ccccc1)NCc1ccc2c(c1)OCCO2. The molecule has 0 saturated heterocycles. The number of nitrogens with one attached hydrogen (secondary N) is 2. The van der Waals surface area contributed by atoms with Crippen molar-refractivity contribution in [1.29, 1.82) is 0 Å². The molecule has 0 aliphatic carbocycles. The molecule has 2 N–H and O–H groups in total. The Balaban J connectivity index is 1.36. The Kier molecular flexibility index (Phi) is 5.85. The average molecular weight is 344 g/mol. The Hall–Kier alpha value is -2.34. The van der Waals surface area contributed by atoms with Crippen molar-refractivity contribution < 1.29 is 14.3 Å². The third-order valence-corrected chi connectivity index (χ3v) is 4.47. The number of fused-ring (bicyclic) bond motifs is 1. The Labute approximate surface area is 145 Å². The van der Waals surface area contributed by atoms with E-state index in [9.17, 15) is 4.79 Å². The van der Waals surface area contributed by atoms with Gasteiger partial charge in [0.05, 0.1) is 0 Å². The molecule has 0 saturated carbocycles. The summed E-state index contributed by atoms with van der Waals surface area (Å²) < 4.78 is 11.0. The highest BCUT2D eigenvalue weighted by molar-refractivity contribution is 7.99. The Morgan fingerprint density at radius 2 is 1.79 bits per heavy atom. The summed E-state index contributed by atoms with van der Waals surface area (Å²) in [5, 5.41) is 5.71. The summed E-state index contributed by atoms with van der Waals surface area (Å²) in [5.41, 5.74) is 0.980. The van der Waals surface area contributed by atoms with E-state index in [1.807, 2.05) is 36.4 Å². The molecule has 24 heavy (non-hydrogen) atoms. The summed E-state index contributed by atoms with van der Waals surface area (Å²) in [7, 11) is 0. The van der Waals surface area contributed by atoms with Crippen LogP contribution in [0.2, 0.25) is 0 Å². The number of rotatable bonds is 6. The second kappa shape index (κ2) is 8.49. The molecule has 1 aliphatic heterocycles. The monoisotopic (exact) mass is 344 g/mol. The van der Waals surface area contributed by atoms with E-state index in [1.165, 1.54) is 4.90 Å². The van der Waals surface area contributed by atoms with Crippen LogP contribution in [0.25, 0.3) is 0 Å². The van der Waals surface area contributed by atoms with Crippen LogP contribution in [0.4, 0.5) is 4.79 Å². The first-order valence-electron chi connectivity index (χ1n) is 7.89. The summed E-state index contributed by atoms with van der Waals surface area (Å²) in [6.07, 6.45) is 0. The van der Waals surface area contributed by atoms with E-state index in [1.54, 1.807) is 11.8 Å². The lowest BCUT2D eigenvalue weighted by molar-refractivity contribution is 0.171. The van der Waals surface area contributed by atoms with Crippen molar-refractivity contribution in [3.8, 4) is 11.5 Å². The molecule has 126 valence electrons. The van der Waals surface area contributed by atoms with Gasteiger partial charge in [-0.3, -0.25) is 0 Å². The van der Waals surface area contributed by atoms with Gasteiger partial charge in [-0.2, -0.15) is 0 Å². The number of hydrogen-bond acceptors (Lipinski definition) is 4. The molecule has 6 heteroatoms. The molecule has 5 nitrogen and oxygen atoms in total. The maximum absolute atomic E-state index is 11.8. The van der Waals surface area contributed by atoms with Crippen molar-refractivity contribution in [2.24, 2.45) is 0 Å². The van der Waals surface area contributed by atoms with Crippen LogP contribution in [0.15, 0.2) is 53.4 Å². The lowest BCUT2D eigenvalue weighted by Crippen LogP contribution is -2.36. The molecule has 0 bridgehead atoms. The summed E-state index contributed by atoms with van der Waals surface area (Å²) in [4.78, 5) is 13.0. The Morgan fingerprint density at radius 1 is 1.00 bits per heavy atom. The van der Waals surface area contributed by atoms with Gasteiger partial charge in [-0.25, -0.2) is 4.79 Å². The number of urea groups is 1. The standard InChI is InChI=1S/C18H20N2O3S/c21-18(19-8-11-24-15-4-2-1-3-5-15)20-13-14-6-7-16-17(12-14)23-10-9-22-16/h1-7,12H,8-11,13H2,(H2,19,20,21). The number of carbonyl (C=O) groups is 1. The van der Waals surface area contributed by atoms with Crippen molar-refractivity contribution in [3.63, 3.8) is 0 Å². The second-order valence-electron chi connectivity index (χ2n) is 5.25. The van der Waals surface area contributed by atoms with Crippen LogP contribution in [0, 0.1) is 0 Å². The predicted molar refractivity (Wildman–Crippen MR) is 94.8 cm³/mol. The smallest absolute Gasteiger partial charge is 0.315 e. The molecule has 3 rings (SSSR count). The summed E-state index contributed by atoms with van der Waals surface area (Å²) in [6.45, 7) is 2.21. The lowest BCUT2D eigenvalue weighted by Gasteiger charge is -2.19. The van der Waals surface area contributed by atoms with Crippen molar-refractivity contribution in [3.05, 3.63) is 54.1 Å². The highest BCUT2D eigenvalue weighted by atomic mass is 32.2. The van der Waals surface area contributed by atoms with Crippen LogP contribution in [-0.4, -0.2) is 31.5 Å². The van der Waals surface area contributed by atoms with Gasteiger partial charge in [-0.15, -0.1) is 11.8 Å². The maximum Gasteiger partial charge on any atom is 0.315 e. The van der Waals surface area contributed by atoms with Crippen LogP contribution >= 0.6 is 11.8 Å². The van der Waals surface area contributed by atoms with E-state index in [-0.39, 0.29) is 6.03 Å². The number of carbonyl (C=O) groups excluding carboxylic acids is 1. The molecule has 2 aromatic carbocycles. The molecule has 0 unspecified atom stereocenters. The normalized spacial score (nSPS) is 12.5. The van der Waals surface area contributed by atoms with E-state index in [4.69, 9.17) is 9.47 Å². The molecule has 0 fully saturated rings. The first-order valence-corrected chi connectivity index (χ1v) is 8.88. The topological polar surface area (TPSA) is 59.6 Å². The third kappa shape index (κ3) is 4.83. The zero-order valence-corrected chi connectivity index (χ0v) is 14.1. The molecular formula is C18H20N2O3S. The zero-order chi connectivity index (χ0) is 16.6. The molecule has 1 aliphatic rings. The minimum Gasteiger partial charge on any atom is -0.486 e. The predicted octanol–water partition coefficient (Wildman–Crippen LogP) is 3.05. The molecule has 2 aromatic rings. The van der Waals surface area contributed by atoms with Crippen molar-refractivity contribution in [1.82, 2.24) is 10.6 Å². The minimum atomic E-state index is -0.168. The van der Waals surface area contributed by atoms with E-state index in [0.717, 1.165) is 22.8 Å². The number of hydrogen-bond donors (Lipinski definition) is 2. The van der Waals surface area contributed by atoms with Gasteiger partial charge in [0.2, 0.25) is 0 Å². The number of thioether (sulfide) groups is 1. The average Bonchev–Trinajstić information content (AvgIpc) is 2.64. The number of amides is 2. The molecule has 0 atom stereocenters. The van der Waals surface area contributed by atoms with Crippen LogP contribution in [0.3, 0.4) is 0 Å². The molecule has 0 spiro atoms. The summed E-state index contributed by atoms with van der Waals surface area (Å²) >= 11 is 1.72. The molecular weight excluding hydrogens is 324 g/mol. The van der Waals surface area contributed by atoms with Crippen molar-refractivity contribution >= 4 is 17.8 Å². The molecule has 0 radical (unpaired) electrons. The zero-order valence-electron chi connectivity index (χ0n) is 13.3. The largest absolute Gasteiger partial charge is 0.486 e. The van der Waals surface area contributed by atoms with Crippen molar-refractivity contribution in [2.75, 3.05) is 25.5 Å². The van der Waals surface area contributed by atoms with E-state index < -0.39 is 0 Å². The van der Waals surface area contributed by atoms with E-state index in [2.05, 4.69) is 22.8 Å². The molecule has 0 aromatic heterocycles. The number of benzene rings is 2. The third-order valence-electron chi connectivity index (χ3n) is 3.46. The first kappa shape index (κ1) is 16.5. The summed E-state index contributed by atoms with van der Waals surface area (Å²) in [5.74, 6) is 2.33. The van der Waals surface area contributed by atoms with Gasteiger partial charge in [0.15, 0.2) is 11.5 Å². The molecule has 1 heterocycles. The Morgan fingerprint density at radius 3 is 2.62 bits per heavy atom.